The largest absolute Gasteiger partial charge is 0.497 e. The molecule has 1 aromatic carbocycles. The van der Waals surface area contributed by atoms with Crippen molar-refractivity contribution in [3.05, 3.63) is 29.8 Å². The average Bonchev–Trinajstić information content (AvgIpc) is 2.96. The Morgan fingerprint density at radius 3 is 2.57 bits per heavy atom. The van der Waals surface area contributed by atoms with E-state index in [4.69, 9.17) is 9.84 Å². The molecule has 6 nitrogen and oxygen atoms in total. The van der Waals surface area contributed by atoms with Crippen LogP contribution < -0.4 is 4.74 Å². The molecule has 0 spiro atoms. The van der Waals surface area contributed by atoms with E-state index in [1.165, 1.54) is 0 Å². The second-order valence-corrected chi connectivity index (χ2v) is 5.56. The third-order valence-corrected chi connectivity index (χ3v) is 3.99. The van der Waals surface area contributed by atoms with E-state index in [1.807, 2.05) is 24.3 Å². The molecule has 1 heterocycles. The Hall–Kier alpha value is -1.79. The highest BCUT2D eigenvalue weighted by molar-refractivity contribution is 5.85. The van der Waals surface area contributed by atoms with Gasteiger partial charge in [0, 0.05) is 13.6 Å². The van der Waals surface area contributed by atoms with Gasteiger partial charge in [-0.15, -0.1) is 12.4 Å². The van der Waals surface area contributed by atoms with Crippen LogP contribution in [0.4, 0.5) is 0 Å². The van der Waals surface area contributed by atoms with Crippen LogP contribution in [0.5, 0.6) is 5.75 Å². The van der Waals surface area contributed by atoms with Crippen LogP contribution in [-0.4, -0.2) is 60.1 Å². The molecule has 1 saturated heterocycles. The maximum atomic E-state index is 12.3. The van der Waals surface area contributed by atoms with Gasteiger partial charge < -0.3 is 14.7 Å². The zero-order chi connectivity index (χ0) is 16.1. The number of amides is 1. The van der Waals surface area contributed by atoms with E-state index in [-0.39, 0.29) is 24.9 Å². The zero-order valence-corrected chi connectivity index (χ0v) is 14.2. The van der Waals surface area contributed by atoms with Crippen molar-refractivity contribution in [2.45, 2.75) is 25.4 Å². The third kappa shape index (κ3) is 5.11. The minimum Gasteiger partial charge on any atom is -0.497 e. The summed E-state index contributed by atoms with van der Waals surface area (Å²) in [6.07, 6.45) is 1.44. The Morgan fingerprint density at radius 2 is 2.00 bits per heavy atom. The molecule has 0 aromatic heterocycles. The van der Waals surface area contributed by atoms with Gasteiger partial charge in [0.15, 0.2) is 0 Å². The van der Waals surface area contributed by atoms with Crippen LogP contribution in [0.1, 0.15) is 18.4 Å². The number of benzene rings is 1. The lowest BCUT2D eigenvalue weighted by Gasteiger charge is -2.24. The Kier molecular flexibility index (Phi) is 7.32. The predicted octanol–water partition coefficient (Wildman–Crippen LogP) is 1.62. The van der Waals surface area contributed by atoms with Crippen LogP contribution in [0.25, 0.3) is 0 Å². The molecule has 1 unspecified atom stereocenters. The molecule has 23 heavy (non-hydrogen) atoms. The lowest BCUT2D eigenvalue weighted by molar-refractivity contribution is -0.143. The zero-order valence-electron chi connectivity index (χ0n) is 13.4. The number of carboxylic acid groups (broad SMARTS) is 1. The van der Waals surface area contributed by atoms with Gasteiger partial charge in [-0.3, -0.25) is 14.5 Å². The second kappa shape index (κ2) is 8.74. The fourth-order valence-electron chi connectivity index (χ4n) is 2.68. The molecule has 2 rings (SSSR count). The summed E-state index contributed by atoms with van der Waals surface area (Å²) in [6.45, 7) is 1.32. The number of aliphatic carboxylic acids is 1. The number of ether oxygens (including phenoxy) is 1. The molecule has 0 radical (unpaired) electrons. The van der Waals surface area contributed by atoms with Crippen LogP contribution in [0.15, 0.2) is 24.3 Å². The topological polar surface area (TPSA) is 70.1 Å². The Bertz CT molecular complexity index is 535. The van der Waals surface area contributed by atoms with Gasteiger partial charge >= 0.3 is 5.97 Å². The van der Waals surface area contributed by atoms with E-state index in [0.29, 0.717) is 19.5 Å². The molecule has 1 N–H and O–H groups in total. The number of methoxy groups -OCH3 is 1. The SMILES string of the molecule is COc1ccc(CN(C)C(=O)CN2CCCC2C(=O)O)cc1.Cl. The van der Waals surface area contributed by atoms with E-state index in [2.05, 4.69) is 0 Å². The monoisotopic (exact) mass is 342 g/mol. The van der Waals surface area contributed by atoms with Crippen LogP contribution in [-0.2, 0) is 16.1 Å². The first-order valence-electron chi connectivity index (χ1n) is 7.35. The van der Waals surface area contributed by atoms with Crippen molar-refractivity contribution in [1.29, 1.82) is 0 Å². The smallest absolute Gasteiger partial charge is 0.320 e. The van der Waals surface area contributed by atoms with Crippen molar-refractivity contribution in [2.24, 2.45) is 0 Å². The molecular formula is C16H23ClN2O4. The van der Waals surface area contributed by atoms with Gasteiger partial charge in [-0.05, 0) is 37.1 Å². The van der Waals surface area contributed by atoms with Gasteiger partial charge in [-0.25, -0.2) is 0 Å². The Morgan fingerprint density at radius 1 is 1.35 bits per heavy atom. The lowest BCUT2D eigenvalue weighted by Crippen LogP contribution is -2.43. The molecule has 0 aliphatic carbocycles. The Balaban J connectivity index is 0.00000264. The summed E-state index contributed by atoms with van der Waals surface area (Å²) in [6, 6.07) is 7.01. The van der Waals surface area contributed by atoms with E-state index >= 15 is 0 Å². The number of nitrogens with zero attached hydrogens (tertiary/aromatic N) is 2. The summed E-state index contributed by atoms with van der Waals surface area (Å²) in [5.41, 5.74) is 1.01. The fourth-order valence-corrected chi connectivity index (χ4v) is 2.68. The van der Waals surface area contributed by atoms with Crippen molar-refractivity contribution < 1.29 is 19.4 Å². The number of halogens is 1. The predicted molar refractivity (Wildman–Crippen MR) is 88.9 cm³/mol. The molecule has 1 aromatic rings. The minimum atomic E-state index is -0.844. The van der Waals surface area contributed by atoms with E-state index in [0.717, 1.165) is 17.7 Å². The number of carboxylic acids is 1. The third-order valence-electron chi connectivity index (χ3n) is 3.99. The molecule has 7 heteroatoms. The molecule has 128 valence electrons. The number of hydrogen-bond donors (Lipinski definition) is 1. The van der Waals surface area contributed by atoms with E-state index in [9.17, 15) is 9.59 Å². The number of likely N-dealkylation sites (N-methyl/N-ethyl adjacent to an activating group) is 1. The van der Waals surface area contributed by atoms with Crippen molar-refractivity contribution in [3.8, 4) is 5.75 Å². The fraction of sp³-hybridized carbons (Fsp3) is 0.500. The number of carbonyl (C=O) groups is 2. The van der Waals surface area contributed by atoms with Gasteiger partial charge in [0.1, 0.15) is 11.8 Å². The van der Waals surface area contributed by atoms with Crippen LogP contribution in [0.3, 0.4) is 0 Å². The van der Waals surface area contributed by atoms with Crippen molar-refractivity contribution in [2.75, 3.05) is 27.2 Å². The number of hydrogen-bond acceptors (Lipinski definition) is 4. The molecule has 1 aliphatic rings. The van der Waals surface area contributed by atoms with E-state index in [1.54, 1.807) is 24.0 Å². The molecule has 1 fully saturated rings. The standard InChI is InChI=1S/C16H22N2O4.ClH/c1-17(10-12-5-7-13(22-2)8-6-12)15(19)11-18-9-3-4-14(18)16(20)21;/h5-8,14H,3-4,9-11H2,1-2H3,(H,20,21);1H. The van der Waals surface area contributed by atoms with E-state index < -0.39 is 12.0 Å². The normalized spacial score (nSPS) is 17.4. The highest BCUT2D eigenvalue weighted by Gasteiger charge is 2.32. The van der Waals surface area contributed by atoms with Gasteiger partial charge in [-0.2, -0.15) is 0 Å². The quantitative estimate of drug-likeness (QED) is 0.850. The first kappa shape index (κ1) is 19.3. The Labute approximate surface area is 142 Å². The molecule has 0 bridgehead atoms. The van der Waals surface area contributed by atoms with Gasteiger partial charge in [-0.1, -0.05) is 12.1 Å². The summed E-state index contributed by atoms with van der Waals surface area (Å²) in [4.78, 5) is 26.8. The minimum absolute atomic E-state index is 0. The van der Waals surface area contributed by atoms with Crippen molar-refractivity contribution >= 4 is 24.3 Å². The number of rotatable bonds is 6. The van der Waals surface area contributed by atoms with Crippen LogP contribution in [0.2, 0.25) is 0 Å². The molecule has 1 amide bonds. The summed E-state index contributed by atoms with van der Waals surface area (Å²) in [5.74, 6) is -0.133. The number of likely N-dealkylation sites (tertiary alicyclic amines) is 1. The van der Waals surface area contributed by atoms with Crippen LogP contribution in [0, 0.1) is 0 Å². The summed E-state index contributed by atoms with van der Waals surface area (Å²) in [7, 11) is 3.35. The van der Waals surface area contributed by atoms with Gasteiger partial charge in [0.05, 0.1) is 13.7 Å². The first-order valence-corrected chi connectivity index (χ1v) is 7.35. The molecule has 0 saturated carbocycles. The lowest BCUT2D eigenvalue weighted by atomic mass is 10.2. The summed E-state index contributed by atoms with van der Waals surface area (Å²) >= 11 is 0. The maximum absolute atomic E-state index is 12.3. The highest BCUT2D eigenvalue weighted by Crippen LogP contribution is 2.18. The van der Waals surface area contributed by atoms with Gasteiger partial charge in [0.25, 0.3) is 0 Å². The van der Waals surface area contributed by atoms with Crippen LogP contribution >= 0.6 is 12.4 Å². The average molecular weight is 343 g/mol. The molecule has 1 aliphatic heterocycles. The summed E-state index contributed by atoms with van der Waals surface area (Å²) in [5, 5.41) is 9.14. The second-order valence-electron chi connectivity index (χ2n) is 5.56. The molecular weight excluding hydrogens is 320 g/mol. The maximum Gasteiger partial charge on any atom is 0.320 e. The highest BCUT2D eigenvalue weighted by atomic mass is 35.5. The number of carbonyl (C=O) groups excluding carboxylic acids is 1. The first-order chi connectivity index (χ1) is 10.5. The van der Waals surface area contributed by atoms with Gasteiger partial charge in [0.2, 0.25) is 5.91 Å². The van der Waals surface area contributed by atoms with Crippen molar-refractivity contribution in [1.82, 2.24) is 9.80 Å². The summed E-state index contributed by atoms with van der Waals surface area (Å²) < 4.78 is 5.10. The molecule has 1 atom stereocenters. The van der Waals surface area contributed by atoms with Crippen molar-refractivity contribution in [3.63, 3.8) is 0 Å².